The van der Waals surface area contributed by atoms with Gasteiger partial charge in [0.05, 0.1) is 0 Å². The first-order valence-corrected chi connectivity index (χ1v) is 6.15. The van der Waals surface area contributed by atoms with Gasteiger partial charge >= 0.3 is 0 Å². The molecule has 0 bridgehead atoms. The van der Waals surface area contributed by atoms with Crippen LogP contribution in [0.4, 0.5) is 0 Å². The highest BCUT2D eigenvalue weighted by molar-refractivity contribution is 7.80. The van der Waals surface area contributed by atoms with E-state index in [1.54, 1.807) is 0 Å². The summed E-state index contributed by atoms with van der Waals surface area (Å²) in [4.78, 5) is 0.410. The molecule has 2 rings (SSSR count). The molecule has 0 aliphatic heterocycles. The van der Waals surface area contributed by atoms with E-state index in [9.17, 15) is 0 Å². The predicted molar refractivity (Wildman–Crippen MR) is 77.8 cm³/mol. The summed E-state index contributed by atoms with van der Waals surface area (Å²) in [7, 11) is 0. The molecule has 92 valence electrons. The summed E-state index contributed by atoms with van der Waals surface area (Å²) < 4.78 is 5.77. The van der Waals surface area contributed by atoms with Crippen molar-refractivity contribution in [2.75, 3.05) is 0 Å². The SMILES string of the molecule is Cc1ccccc1OCc1cccc(C(N)=S)c1. The van der Waals surface area contributed by atoms with Crippen LogP contribution in [-0.2, 0) is 6.61 Å². The van der Waals surface area contributed by atoms with Crippen molar-refractivity contribution < 1.29 is 4.74 Å². The Hall–Kier alpha value is -1.87. The fraction of sp³-hybridized carbons (Fsp3) is 0.133. The molecular formula is C15H15NOS. The molecule has 0 amide bonds. The van der Waals surface area contributed by atoms with Crippen LogP contribution >= 0.6 is 12.2 Å². The van der Waals surface area contributed by atoms with Crippen molar-refractivity contribution in [1.29, 1.82) is 0 Å². The minimum absolute atomic E-state index is 0.410. The maximum absolute atomic E-state index is 5.77. The van der Waals surface area contributed by atoms with Crippen molar-refractivity contribution in [3.05, 3.63) is 65.2 Å². The summed E-state index contributed by atoms with van der Waals surface area (Å²) in [6, 6.07) is 15.8. The lowest BCUT2D eigenvalue weighted by Gasteiger charge is -2.09. The number of ether oxygens (including phenoxy) is 1. The van der Waals surface area contributed by atoms with Crippen molar-refractivity contribution in [2.45, 2.75) is 13.5 Å². The third-order valence-corrected chi connectivity index (χ3v) is 2.94. The molecule has 2 N–H and O–H groups in total. The molecule has 2 nitrogen and oxygen atoms in total. The van der Waals surface area contributed by atoms with Crippen LogP contribution in [0, 0.1) is 6.92 Å². The zero-order chi connectivity index (χ0) is 13.0. The lowest BCUT2D eigenvalue weighted by molar-refractivity contribution is 0.304. The Bertz CT molecular complexity index is 566. The van der Waals surface area contributed by atoms with Crippen molar-refractivity contribution in [1.82, 2.24) is 0 Å². The molecule has 0 aromatic heterocycles. The van der Waals surface area contributed by atoms with Gasteiger partial charge in [0.25, 0.3) is 0 Å². The second-order valence-corrected chi connectivity index (χ2v) is 4.56. The highest BCUT2D eigenvalue weighted by Gasteiger charge is 2.01. The van der Waals surface area contributed by atoms with E-state index in [-0.39, 0.29) is 0 Å². The molecule has 3 heteroatoms. The molecule has 0 spiro atoms. The van der Waals surface area contributed by atoms with Crippen molar-refractivity contribution in [2.24, 2.45) is 5.73 Å². The quantitative estimate of drug-likeness (QED) is 0.854. The summed E-state index contributed by atoms with van der Waals surface area (Å²) in [5.41, 5.74) is 8.66. The minimum atomic E-state index is 0.410. The number of rotatable bonds is 4. The molecule has 2 aromatic rings. The standard InChI is InChI=1S/C15H15NOS/c1-11-5-2-3-8-14(11)17-10-12-6-4-7-13(9-12)15(16)18/h2-9H,10H2,1H3,(H2,16,18). The average Bonchev–Trinajstić information content (AvgIpc) is 2.38. The Labute approximate surface area is 112 Å². The Balaban J connectivity index is 2.09. The van der Waals surface area contributed by atoms with E-state index in [4.69, 9.17) is 22.7 Å². The second-order valence-electron chi connectivity index (χ2n) is 4.12. The van der Waals surface area contributed by atoms with Gasteiger partial charge in [-0.3, -0.25) is 0 Å². The molecule has 0 aliphatic rings. The van der Waals surface area contributed by atoms with Crippen LogP contribution in [0.5, 0.6) is 5.75 Å². The summed E-state index contributed by atoms with van der Waals surface area (Å²) >= 11 is 4.96. The molecule has 0 saturated heterocycles. The largest absolute Gasteiger partial charge is 0.489 e. The monoisotopic (exact) mass is 257 g/mol. The number of benzene rings is 2. The molecule has 0 aliphatic carbocycles. The zero-order valence-corrected chi connectivity index (χ0v) is 11.0. The molecule has 0 atom stereocenters. The summed E-state index contributed by atoms with van der Waals surface area (Å²) in [5, 5.41) is 0. The van der Waals surface area contributed by atoms with Crippen LogP contribution in [-0.4, -0.2) is 4.99 Å². The van der Waals surface area contributed by atoms with Crippen LogP contribution in [0.15, 0.2) is 48.5 Å². The zero-order valence-electron chi connectivity index (χ0n) is 10.2. The fourth-order valence-corrected chi connectivity index (χ4v) is 1.82. The van der Waals surface area contributed by atoms with E-state index in [0.29, 0.717) is 11.6 Å². The van der Waals surface area contributed by atoms with Crippen LogP contribution < -0.4 is 10.5 Å². The molecule has 0 fully saturated rings. The number of thiocarbonyl (C=S) groups is 1. The van der Waals surface area contributed by atoms with Crippen molar-refractivity contribution >= 4 is 17.2 Å². The van der Waals surface area contributed by atoms with Gasteiger partial charge in [-0.05, 0) is 30.2 Å². The molecule has 0 unspecified atom stereocenters. The first-order valence-electron chi connectivity index (χ1n) is 5.74. The van der Waals surface area contributed by atoms with Gasteiger partial charge in [-0.1, -0.05) is 48.6 Å². The van der Waals surface area contributed by atoms with Gasteiger partial charge in [-0.25, -0.2) is 0 Å². The summed E-state index contributed by atoms with van der Waals surface area (Å²) in [6.07, 6.45) is 0. The Kier molecular flexibility index (Phi) is 3.95. The molecule has 0 saturated carbocycles. The first kappa shape index (κ1) is 12.6. The van der Waals surface area contributed by atoms with Gasteiger partial charge in [0.1, 0.15) is 17.3 Å². The lowest BCUT2D eigenvalue weighted by Crippen LogP contribution is -2.09. The second kappa shape index (κ2) is 5.65. The maximum atomic E-state index is 5.77. The topological polar surface area (TPSA) is 35.2 Å². The third kappa shape index (κ3) is 3.08. The summed E-state index contributed by atoms with van der Waals surface area (Å²) in [5.74, 6) is 0.901. The van der Waals surface area contributed by atoms with Gasteiger partial charge in [0, 0.05) is 5.56 Å². The van der Waals surface area contributed by atoms with Crippen LogP contribution in [0.1, 0.15) is 16.7 Å². The smallest absolute Gasteiger partial charge is 0.122 e. The fourth-order valence-electron chi connectivity index (χ4n) is 1.69. The average molecular weight is 257 g/mol. The molecule has 18 heavy (non-hydrogen) atoms. The molecular weight excluding hydrogens is 242 g/mol. The van der Waals surface area contributed by atoms with E-state index in [1.165, 1.54) is 0 Å². The minimum Gasteiger partial charge on any atom is -0.489 e. The van der Waals surface area contributed by atoms with Crippen LogP contribution in [0.2, 0.25) is 0 Å². The Morgan fingerprint density at radius 3 is 2.67 bits per heavy atom. The number of aryl methyl sites for hydroxylation is 1. The van der Waals surface area contributed by atoms with E-state index >= 15 is 0 Å². The third-order valence-electron chi connectivity index (χ3n) is 2.70. The molecule has 2 aromatic carbocycles. The summed E-state index contributed by atoms with van der Waals surface area (Å²) in [6.45, 7) is 2.54. The van der Waals surface area contributed by atoms with Gasteiger partial charge in [-0.2, -0.15) is 0 Å². The van der Waals surface area contributed by atoms with Gasteiger partial charge in [-0.15, -0.1) is 0 Å². The Morgan fingerprint density at radius 2 is 1.94 bits per heavy atom. The van der Waals surface area contributed by atoms with Crippen molar-refractivity contribution in [3.8, 4) is 5.75 Å². The number of hydrogen-bond acceptors (Lipinski definition) is 2. The predicted octanol–water partition coefficient (Wildman–Crippen LogP) is 3.21. The number of hydrogen-bond donors (Lipinski definition) is 1. The van der Waals surface area contributed by atoms with Gasteiger partial charge in [0.2, 0.25) is 0 Å². The highest BCUT2D eigenvalue weighted by Crippen LogP contribution is 2.18. The molecule has 0 heterocycles. The van der Waals surface area contributed by atoms with Crippen LogP contribution in [0.3, 0.4) is 0 Å². The van der Waals surface area contributed by atoms with E-state index in [1.807, 2.05) is 55.5 Å². The normalized spacial score (nSPS) is 10.1. The van der Waals surface area contributed by atoms with Crippen LogP contribution in [0.25, 0.3) is 0 Å². The van der Waals surface area contributed by atoms with Gasteiger partial charge in [0.15, 0.2) is 0 Å². The first-order chi connectivity index (χ1) is 8.66. The lowest BCUT2D eigenvalue weighted by atomic mass is 10.1. The van der Waals surface area contributed by atoms with E-state index in [0.717, 1.165) is 22.4 Å². The van der Waals surface area contributed by atoms with Crippen molar-refractivity contribution in [3.63, 3.8) is 0 Å². The molecule has 0 radical (unpaired) electrons. The van der Waals surface area contributed by atoms with E-state index < -0.39 is 0 Å². The van der Waals surface area contributed by atoms with Gasteiger partial charge < -0.3 is 10.5 Å². The van der Waals surface area contributed by atoms with E-state index in [2.05, 4.69) is 0 Å². The Morgan fingerprint density at radius 1 is 1.17 bits per heavy atom. The number of para-hydroxylation sites is 1. The number of nitrogens with two attached hydrogens (primary N) is 1. The highest BCUT2D eigenvalue weighted by atomic mass is 32.1. The maximum Gasteiger partial charge on any atom is 0.122 e.